The average molecular weight is 450 g/mol. The third-order valence-corrected chi connectivity index (χ3v) is 5.35. The van der Waals surface area contributed by atoms with Gasteiger partial charge in [0, 0.05) is 22.8 Å². The Bertz CT molecular complexity index is 1150. The summed E-state index contributed by atoms with van der Waals surface area (Å²) in [5.74, 6) is 0.898. The highest BCUT2D eigenvalue weighted by Gasteiger charge is 2.12. The first kappa shape index (κ1) is 22.8. The minimum atomic E-state index is -0.350. The average Bonchev–Trinajstić information content (AvgIpc) is 3.33. The highest BCUT2D eigenvalue weighted by Crippen LogP contribution is 2.33. The van der Waals surface area contributed by atoms with Crippen molar-refractivity contribution in [3.63, 3.8) is 0 Å². The predicted octanol–water partition coefficient (Wildman–Crippen LogP) is 5.37. The number of anilines is 1. The van der Waals surface area contributed by atoms with Crippen molar-refractivity contribution in [1.82, 2.24) is 4.98 Å². The summed E-state index contributed by atoms with van der Waals surface area (Å²) in [5.41, 5.74) is 3.21. The molecule has 0 radical (unpaired) electrons. The molecule has 0 saturated carbocycles. The quantitative estimate of drug-likeness (QED) is 0.347. The van der Waals surface area contributed by atoms with Crippen molar-refractivity contribution in [3.05, 3.63) is 64.6 Å². The molecular formula is C24H23N3O4S. The van der Waals surface area contributed by atoms with Crippen LogP contribution in [0.15, 0.2) is 54.0 Å². The molecule has 7 nitrogen and oxygen atoms in total. The Morgan fingerprint density at radius 2 is 1.91 bits per heavy atom. The van der Waals surface area contributed by atoms with E-state index in [0.29, 0.717) is 34.3 Å². The third kappa shape index (κ3) is 5.45. The maximum absolute atomic E-state index is 11.9. The molecule has 0 spiro atoms. The molecule has 2 aromatic carbocycles. The lowest BCUT2D eigenvalue weighted by atomic mass is 10.1. The first-order valence-corrected chi connectivity index (χ1v) is 10.8. The number of hydrogen-bond donors (Lipinski definition) is 1. The number of thiazole rings is 1. The number of methoxy groups -OCH3 is 2. The van der Waals surface area contributed by atoms with Gasteiger partial charge in [-0.05, 0) is 48.9 Å². The van der Waals surface area contributed by atoms with Gasteiger partial charge in [-0.2, -0.15) is 5.26 Å². The summed E-state index contributed by atoms with van der Waals surface area (Å²) >= 11 is 1.37. The number of esters is 1. The van der Waals surface area contributed by atoms with Crippen LogP contribution in [0.2, 0.25) is 0 Å². The van der Waals surface area contributed by atoms with Crippen LogP contribution in [0.25, 0.3) is 16.8 Å². The zero-order valence-corrected chi connectivity index (χ0v) is 18.9. The molecule has 3 aromatic rings. The number of nitrogens with zero attached hydrogens (tertiary/aromatic N) is 2. The summed E-state index contributed by atoms with van der Waals surface area (Å²) in [5, 5.41) is 15.2. The number of hydrogen-bond acceptors (Lipinski definition) is 8. The van der Waals surface area contributed by atoms with E-state index in [1.807, 2.05) is 30.5 Å². The standard InChI is InChI=1S/C24H23N3O4S/c1-4-11-31-24(28)16-5-8-19(9-6-16)26-14-18(13-25)23-27-20(15-32-23)17-7-10-21(29-2)22(12-17)30-3/h5-10,12,14-15,26H,4,11H2,1-3H3. The smallest absolute Gasteiger partial charge is 0.338 e. The summed E-state index contributed by atoms with van der Waals surface area (Å²) in [4.78, 5) is 16.5. The number of benzene rings is 2. The summed E-state index contributed by atoms with van der Waals surface area (Å²) in [6, 6.07) is 14.6. The van der Waals surface area contributed by atoms with E-state index < -0.39 is 0 Å². The fraction of sp³-hybridized carbons (Fsp3) is 0.208. The Hall–Kier alpha value is -3.83. The van der Waals surface area contributed by atoms with Gasteiger partial charge in [0.05, 0.1) is 32.1 Å². The molecule has 0 aliphatic carbocycles. The molecule has 0 bridgehead atoms. The Balaban J connectivity index is 1.73. The monoisotopic (exact) mass is 449 g/mol. The molecule has 164 valence electrons. The second-order valence-corrected chi connectivity index (χ2v) is 7.49. The Morgan fingerprint density at radius 3 is 2.56 bits per heavy atom. The van der Waals surface area contributed by atoms with Crippen molar-refractivity contribution in [2.45, 2.75) is 13.3 Å². The first-order chi connectivity index (χ1) is 15.6. The predicted molar refractivity (Wildman–Crippen MR) is 125 cm³/mol. The highest BCUT2D eigenvalue weighted by molar-refractivity contribution is 7.11. The van der Waals surface area contributed by atoms with E-state index in [1.54, 1.807) is 44.7 Å². The molecular weight excluding hydrogens is 426 g/mol. The first-order valence-electron chi connectivity index (χ1n) is 9.91. The fourth-order valence-electron chi connectivity index (χ4n) is 2.80. The third-order valence-electron chi connectivity index (χ3n) is 4.48. The van der Waals surface area contributed by atoms with Crippen LogP contribution in [0, 0.1) is 11.3 Å². The van der Waals surface area contributed by atoms with Gasteiger partial charge >= 0.3 is 5.97 Å². The maximum Gasteiger partial charge on any atom is 0.338 e. The van der Waals surface area contributed by atoms with Crippen molar-refractivity contribution < 1.29 is 19.0 Å². The number of carbonyl (C=O) groups is 1. The van der Waals surface area contributed by atoms with Crippen LogP contribution < -0.4 is 14.8 Å². The zero-order chi connectivity index (χ0) is 22.9. The normalized spacial score (nSPS) is 10.9. The van der Waals surface area contributed by atoms with E-state index in [9.17, 15) is 10.1 Å². The lowest BCUT2D eigenvalue weighted by Gasteiger charge is -2.08. The largest absolute Gasteiger partial charge is 0.493 e. The Morgan fingerprint density at radius 1 is 1.16 bits per heavy atom. The number of allylic oxidation sites excluding steroid dienone is 1. The van der Waals surface area contributed by atoms with Gasteiger partial charge < -0.3 is 19.5 Å². The topological polar surface area (TPSA) is 93.5 Å². The molecule has 0 fully saturated rings. The van der Waals surface area contributed by atoms with E-state index in [2.05, 4.69) is 16.4 Å². The SMILES string of the molecule is CCCOC(=O)c1ccc(NC=C(C#N)c2nc(-c3ccc(OC)c(OC)c3)cs2)cc1. The van der Waals surface area contributed by atoms with Gasteiger partial charge in [-0.15, -0.1) is 11.3 Å². The number of ether oxygens (including phenoxy) is 3. The Labute approximate surface area is 190 Å². The number of nitriles is 1. The molecule has 0 aliphatic rings. The van der Waals surface area contributed by atoms with Crippen molar-refractivity contribution in [1.29, 1.82) is 5.26 Å². The fourth-order valence-corrected chi connectivity index (χ4v) is 3.60. The molecule has 8 heteroatoms. The van der Waals surface area contributed by atoms with Gasteiger partial charge in [0.15, 0.2) is 11.5 Å². The van der Waals surface area contributed by atoms with Crippen LogP contribution in [0.3, 0.4) is 0 Å². The van der Waals surface area contributed by atoms with E-state index in [1.165, 1.54) is 11.3 Å². The summed E-state index contributed by atoms with van der Waals surface area (Å²) in [7, 11) is 3.16. The zero-order valence-electron chi connectivity index (χ0n) is 18.0. The van der Waals surface area contributed by atoms with E-state index in [-0.39, 0.29) is 5.97 Å². The molecule has 0 amide bonds. The second kappa shape index (κ2) is 11.0. The number of carbonyl (C=O) groups excluding carboxylic acids is 1. The molecule has 0 aliphatic heterocycles. The van der Waals surface area contributed by atoms with Gasteiger partial charge in [-0.3, -0.25) is 0 Å². The van der Waals surface area contributed by atoms with E-state index in [0.717, 1.165) is 23.4 Å². The van der Waals surface area contributed by atoms with Gasteiger partial charge in [0.1, 0.15) is 16.6 Å². The van der Waals surface area contributed by atoms with Gasteiger partial charge in [-0.25, -0.2) is 9.78 Å². The molecule has 1 N–H and O–H groups in total. The minimum absolute atomic E-state index is 0.350. The minimum Gasteiger partial charge on any atom is -0.493 e. The van der Waals surface area contributed by atoms with Crippen LogP contribution >= 0.6 is 11.3 Å². The highest BCUT2D eigenvalue weighted by atomic mass is 32.1. The molecule has 1 aromatic heterocycles. The molecule has 0 atom stereocenters. The lowest BCUT2D eigenvalue weighted by Crippen LogP contribution is -2.05. The van der Waals surface area contributed by atoms with Gasteiger partial charge in [0.25, 0.3) is 0 Å². The van der Waals surface area contributed by atoms with Crippen LogP contribution in [0.4, 0.5) is 5.69 Å². The van der Waals surface area contributed by atoms with Crippen molar-refractivity contribution in [3.8, 4) is 28.8 Å². The van der Waals surface area contributed by atoms with Crippen LogP contribution in [-0.4, -0.2) is 31.8 Å². The van der Waals surface area contributed by atoms with Gasteiger partial charge in [-0.1, -0.05) is 6.92 Å². The number of aromatic nitrogens is 1. The molecule has 3 rings (SSSR count). The van der Waals surface area contributed by atoms with E-state index in [4.69, 9.17) is 14.2 Å². The molecule has 0 saturated heterocycles. The van der Waals surface area contributed by atoms with Crippen molar-refractivity contribution >= 4 is 28.6 Å². The molecule has 32 heavy (non-hydrogen) atoms. The number of nitrogens with one attached hydrogen (secondary N) is 1. The van der Waals surface area contributed by atoms with Crippen molar-refractivity contribution in [2.24, 2.45) is 0 Å². The second-order valence-electron chi connectivity index (χ2n) is 6.64. The molecule has 0 unspecified atom stereocenters. The summed E-state index contributed by atoms with van der Waals surface area (Å²) < 4.78 is 15.7. The Kier molecular flexibility index (Phi) is 7.84. The van der Waals surface area contributed by atoms with E-state index >= 15 is 0 Å². The molecule has 1 heterocycles. The summed E-state index contributed by atoms with van der Waals surface area (Å²) in [6.07, 6.45) is 2.37. The maximum atomic E-state index is 11.9. The van der Waals surface area contributed by atoms with Crippen LogP contribution in [0.5, 0.6) is 11.5 Å². The number of rotatable bonds is 9. The van der Waals surface area contributed by atoms with Crippen LogP contribution in [0.1, 0.15) is 28.7 Å². The lowest BCUT2D eigenvalue weighted by molar-refractivity contribution is 0.0505. The van der Waals surface area contributed by atoms with Crippen molar-refractivity contribution in [2.75, 3.05) is 26.1 Å². The van der Waals surface area contributed by atoms with Crippen LogP contribution in [-0.2, 0) is 4.74 Å². The van der Waals surface area contributed by atoms with Gasteiger partial charge in [0.2, 0.25) is 0 Å². The summed E-state index contributed by atoms with van der Waals surface area (Å²) in [6.45, 7) is 2.34.